The summed E-state index contributed by atoms with van der Waals surface area (Å²) in [6.45, 7) is 0.535. The third kappa shape index (κ3) is 6.13. The molecule has 0 aliphatic carbocycles. The van der Waals surface area contributed by atoms with E-state index in [2.05, 4.69) is 15.5 Å². The Labute approximate surface area is 123 Å². The van der Waals surface area contributed by atoms with Crippen LogP contribution in [0.4, 0.5) is 10.5 Å². The zero-order chi connectivity index (χ0) is 15.7. The summed E-state index contributed by atoms with van der Waals surface area (Å²) in [7, 11) is 1.96. The van der Waals surface area contributed by atoms with Gasteiger partial charge in [0.1, 0.15) is 0 Å². The highest BCUT2D eigenvalue weighted by molar-refractivity contribution is 5.82. The van der Waals surface area contributed by atoms with E-state index in [0.29, 0.717) is 6.54 Å². The van der Waals surface area contributed by atoms with Crippen LogP contribution in [0.2, 0.25) is 0 Å². The van der Waals surface area contributed by atoms with Gasteiger partial charge in [-0.15, -0.1) is 0 Å². The number of aliphatic hydroxyl groups is 1. The zero-order valence-electron chi connectivity index (χ0n) is 12.0. The summed E-state index contributed by atoms with van der Waals surface area (Å²) in [4.78, 5) is 24.1. The second kappa shape index (κ2) is 8.80. The molecule has 0 radical (unpaired) electrons. The highest BCUT2D eigenvalue weighted by Gasteiger charge is 2.18. The molecule has 1 atom stereocenters. The average Bonchev–Trinajstić information content (AvgIpc) is 2.49. The third-order valence-corrected chi connectivity index (χ3v) is 2.94. The Balaban J connectivity index is 2.22. The summed E-state index contributed by atoms with van der Waals surface area (Å²) in [5.41, 5.74) is 1.09. The molecule has 7 nitrogen and oxygen atoms in total. The molecule has 1 aromatic carbocycles. The second-order valence-corrected chi connectivity index (χ2v) is 4.58. The molecule has 1 rings (SSSR count). The zero-order valence-corrected chi connectivity index (χ0v) is 12.0. The van der Waals surface area contributed by atoms with Crippen LogP contribution < -0.4 is 15.5 Å². The van der Waals surface area contributed by atoms with Crippen molar-refractivity contribution in [3.8, 4) is 0 Å². The van der Waals surface area contributed by atoms with Crippen LogP contribution in [0.1, 0.15) is 6.42 Å². The number of hydrogen-bond donors (Lipinski definition) is 4. The number of hydrogen-bond acceptors (Lipinski definition) is 4. The molecule has 1 unspecified atom stereocenters. The monoisotopic (exact) mass is 295 g/mol. The highest BCUT2D eigenvalue weighted by Crippen LogP contribution is 2.10. The van der Waals surface area contributed by atoms with E-state index < -0.39 is 24.6 Å². The largest absolute Gasteiger partial charge is 0.480 e. The fraction of sp³-hybridized carbons (Fsp3) is 0.429. The van der Waals surface area contributed by atoms with Crippen molar-refractivity contribution in [1.82, 2.24) is 10.6 Å². The van der Waals surface area contributed by atoms with Gasteiger partial charge in [-0.2, -0.15) is 0 Å². The molecule has 0 heterocycles. The lowest BCUT2D eigenvalue weighted by molar-refractivity contribution is -0.140. The lowest BCUT2D eigenvalue weighted by atomic mass is 10.3. The number of carbonyl (C=O) groups is 2. The lowest BCUT2D eigenvalue weighted by Gasteiger charge is -2.19. The van der Waals surface area contributed by atoms with E-state index in [1.165, 1.54) is 0 Å². The maximum absolute atomic E-state index is 11.4. The topological polar surface area (TPSA) is 102 Å². The minimum atomic E-state index is -1.28. The predicted molar refractivity (Wildman–Crippen MR) is 79.4 cm³/mol. The van der Waals surface area contributed by atoms with Crippen molar-refractivity contribution in [3.05, 3.63) is 30.3 Å². The first-order valence-electron chi connectivity index (χ1n) is 6.68. The van der Waals surface area contributed by atoms with Gasteiger partial charge in [0.15, 0.2) is 6.04 Å². The molecule has 0 aliphatic rings. The normalized spacial score (nSPS) is 11.5. The van der Waals surface area contributed by atoms with Crippen LogP contribution in [0.15, 0.2) is 30.3 Å². The van der Waals surface area contributed by atoms with Crippen molar-refractivity contribution in [3.63, 3.8) is 0 Å². The van der Waals surface area contributed by atoms with Gasteiger partial charge in [0.25, 0.3) is 0 Å². The Hall–Kier alpha value is -2.28. The highest BCUT2D eigenvalue weighted by atomic mass is 16.4. The summed E-state index contributed by atoms with van der Waals surface area (Å²) in [6.07, 6.45) is 0.718. The number of carboxylic acid groups (broad SMARTS) is 1. The van der Waals surface area contributed by atoms with E-state index in [0.717, 1.165) is 18.7 Å². The van der Waals surface area contributed by atoms with Crippen molar-refractivity contribution in [2.45, 2.75) is 12.5 Å². The van der Waals surface area contributed by atoms with E-state index in [1.807, 2.05) is 37.4 Å². The van der Waals surface area contributed by atoms with Gasteiger partial charge >= 0.3 is 12.0 Å². The third-order valence-electron chi connectivity index (χ3n) is 2.94. The standard InChI is InChI=1S/C14H21N3O4/c1-17(11-6-3-2-4-7-11)9-5-8-15-14(21)16-12(10-18)13(19)20/h2-4,6-7,12,18H,5,8-10H2,1H3,(H,19,20)(H2,15,16,21). The van der Waals surface area contributed by atoms with Crippen molar-refractivity contribution >= 4 is 17.7 Å². The Morgan fingerprint density at radius 3 is 2.52 bits per heavy atom. The summed E-state index contributed by atoms with van der Waals surface area (Å²) in [5.74, 6) is -1.27. The number of aliphatic hydroxyl groups excluding tert-OH is 1. The number of nitrogens with zero attached hydrogens (tertiary/aromatic N) is 1. The van der Waals surface area contributed by atoms with Crippen LogP contribution in [0.5, 0.6) is 0 Å². The van der Waals surface area contributed by atoms with E-state index in [1.54, 1.807) is 0 Å². The van der Waals surface area contributed by atoms with Crippen molar-refractivity contribution < 1.29 is 19.8 Å². The van der Waals surface area contributed by atoms with Crippen molar-refractivity contribution in [2.24, 2.45) is 0 Å². The van der Waals surface area contributed by atoms with Crippen LogP contribution in [-0.2, 0) is 4.79 Å². The molecule has 4 N–H and O–H groups in total. The first-order chi connectivity index (χ1) is 10.0. The van der Waals surface area contributed by atoms with Gasteiger partial charge in [-0.05, 0) is 18.6 Å². The van der Waals surface area contributed by atoms with E-state index in [9.17, 15) is 9.59 Å². The molecule has 0 aromatic heterocycles. The van der Waals surface area contributed by atoms with Gasteiger partial charge in [-0.25, -0.2) is 9.59 Å². The predicted octanol–water partition coefficient (Wildman–Crippen LogP) is 0.258. The maximum atomic E-state index is 11.4. The molecule has 0 bridgehead atoms. The van der Waals surface area contributed by atoms with Gasteiger partial charge < -0.3 is 25.7 Å². The summed E-state index contributed by atoms with van der Waals surface area (Å²) < 4.78 is 0. The Morgan fingerprint density at radius 1 is 1.29 bits per heavy atom. The smallest absolute Gasteiger partial charge is 0.328 e. The molecule has 7 heteroatoms. The SMILES string of the molecule is CN(CCCNC(=O)NC(CO)C(=O)O)c1ccccc1. The van der Waals surface area contributed by atoms with Crippen LogP contribution in [0.3, 0.4) is 0 Å². The molecule has 0 aliphatic heterocycles. The Morgan fingerprint density at radius 2 is 1.95 bits per heavy atom. The molecular formula is C14H21N3O4. The van der Waals surface area contributed by atoms with Gasteiger partial charge in [0.05, 0.1) is 6.61 Å². The molecule has 1 aromatic rings. The lowest BCUT2D eigenvalue weighted by Crippen LogP contribution is -2.48. The molecule has 2 amide bonds. The molecule has 0 saturated carbocycles. The van der Waals surface area contributed by atoms with E-state index in [-0.39, 0.29) is 0 Å². The Bertz CT molecular complexity index is 453. The maximum Gasteiger partial charge on any atom is 0.328 e. The molecule has 0 saturated heterocycles. The minimum absolute atomic E-state index is 0.417. The minimum Gasteiger partial charge on any atom is -0.480 e. The first-order valence-corrected chi connectivity index (χ1v) is 6.68. The Kier molecular flexibility index (Phi) is 7.03. The molecule has 0 spiro atoms. The molecular weight excluding hydrogens is 274 g/mol. The van der Waals surface area contributed by atoms with Crippen LogP contribution >= 0.6 is 0 Å². The number of carbonyl (C=O) groups excluding carboxylic acids is 1. The fourth-order valence-electron chi connectivity index (χ4n) is 1.72. The van der Waals surface area contributed by atoms with E-state index >= 15 is 0 Å². The van der Waals surface area contributed by atoms with Crippen LogP contribution in [0.25, 0.3) is 0 Å². The van der Waals surface area contributed by atoms with Crippen LogP contribution in [0, 0.1) is 0 Å². The molecule has 0 fully saturated rings. The first kappa shape index (κ1) is 16.8. The average molecular weight is 295 g/mol. The summed E-state index contributed by atoms with van der Waals surface area (Å²) in [6, 6.07) is 7.98. The van der Waals surface area contributed by atoms with Gasteiger partial charge in [0.2, 0.25) is 0 Å². The van der Waals surface area contributed by atoms with E-state index in [4.69, 9.17) is 10.2 Å². The number of anilines is 1. The number of para-hydroxylation sites is 1. The molecule has 21 heavy (non-hydrogen) atoms. The van der Waals surface area contributed by atoms with Gasteiger partial charge in [-0.3, -0.25) is 0 Å². The number of amides is 2. The number of rotatable bonds is 8. The van der Waals surface area contributed by atoms with Gasteiger partial charge in [-0.1, -0.05) is 18.2 Å². The number of benzene rings is 1. The summed E-state index contributed by atoms with van der Waals surface area (Å²) >= 11 is 0. The molecule has 116 valence electrons. The number of carboxylic acids is 1. The van der Waals surface area contributed by atoms with Crippen molar-refractivity contribution in [1.29, 1.82) is 0 Å². The van der Waals surface area contributed by atoms with Gasteiger partial charge in [0, 0.05) is 25.8 Å². The summed E-state index contributed by atoms with van der Waals surface area (Å²) in [5, 5.41) is 22.2. The second-order valence-electron chi connectivity index (χ2n) is 4.58. The van der Waals surface area contributed by atoms with Crippen LogP contribution in [-0.4, -0.2) is 55.0 Å². The number of aliphatic carboxylic acids is 1. The quantitative estimate of drug-likeness (QED) is 0.515. The fourth-order valence-corrected chi connectivity index (χ4v) is 1.72. The number of urea groups is 1. The van der Waals surface area contributed by atoms with Crippen molar-refractivity contribution in [2.75, 3.05) is 31.6 Å². The number of nitrogens with one attached hydrogen (secondary N) is 2.